The number of aromatic nitrogens is 1. The van der Waals surface area contributed by atoms with Crippen molar-refractivity contribution >= 4 is 16.6 Å². The van der Waals surface area contributed by atoms with Crippen molar-refractivity contribution in [2.45, 2.75) is 47.0 Å². The SMILES string of the molecule is CCN(CC)c1ccc2c(C)cc(C(C)(C)C)nc2c1. The second-order valence-electron chi connectivity index (χ2n) is 6.45. The number of pyridine rings is 1. The van der Waals surface area contributed by atoms with Gasteiger partial charge in [-0.3, -0.25) is 4.98 Å². The maximum absolute atomic E-state index is 4.89. The molecule has 0 saturated carbocycles. The molecule has 0 unspecified atom stereocenters. The summed E-state index contributed by atoms with van der Waals surface area (Å²) in [6.07, 6.45) is 0. The number of aryl methyl sites for hydroxylation is 1. The molecule has 0 aliphatic rings. The lowest BCUT2D eigenvalue weighted by Gasteiger charge is -2.23. The minimum Gasteiger partial charge on any atom is -0.372 e. The Bertz CT molecular complexity index is 605. The van der Waals surface area contributed by atoms with Crippen molar-refractivity contribution in [3.05, 3.63) is 35.5 Å². The highest BCUT2D eigenvalue weighted by atomic mass is 15.1. The summed E-state index contributed by atoms with van der Waals surface area (Å²) >= 11 is 0. The van der Waals surface area contributed by atoms with Gasteiger partial charge < -0.3 is 4.90 Å². The molecule has 0 saturated heterocycles. The van der Waals surface area contributed by atoms with E-state index in [-0.39, 0.29) is 5.41 Å². The fourth-order valence-corrected chi connectivity index (χ4v) is 2.56. The van der Waals surface area contributed by atoms with Gasteiger partial charge in [-0.25, -0.2) is 0 Å². The van der Waals surface area contributed by atoms with E-state index >= 15 is 0 Å². The first-order valence-corrected chi connectivity index (χ1v) is 7.53. The molecule has 2 nitrogen and oxygen atoms in total. The van der Waals surface area contributed by atoms with Crippen molar-refractivity contribution in [3.63, 3.8) is 0 Å². The molecule has 1 heterocycles. The van der Waals surface area contributed by atoms with Gasteiger partial charge in [0.15, 0.2) is 0 Å². The molecule has 2 aromatic rings. The molecule has 0 atom stereocenters. The zero-order valence-electron chi connectivity index (χ0n) is 13.6. The minimum absolute atomic E-state index is 0.0875. The van der Waals surface area contributed by atoms with Crippen molar-refractivity contribution in [1.29, 1.82) is 0 Å². The van der Waals surface area contributed by atoms with E-state index < -0.39 is 0 Å². The van der Waals surface area contributed by atoms with Crippen molar-refractivity contribution in [1.82, 2.24) is 4.98 Å². The number of hydrogen-bond acceptors (Lipinski definition) is 2. The maximum atomic E-state index is 4.89. The molecule has 1 aromatic carbocycles. The van der Waals surface area contributed by atoms with Crippen LogP contribution < -0.4 is 4.90 Å². The minimum atomic E-state index is 0.0875. The van der Waals surface area contributed by atoms with E-state index in [0.717, 1.165) is 18.6 Å². The molecule has 0 N–H and O–H groups in total. The molecule has 20 heavy (non-hydrogen) atoms. The molecule has 108 valence electrons. The zero-order chi connectivity index (χ0) is 14.9. The Balaban J connectivity index is 2.61. The molecule has 0 fully saturated rings. The highest BCUT2D eigenvalue weighted by Gasteiger charge is 2.17. The van der Waals surface area contributed by atoms with Crippen LogP contribution in [0.25, 0.3) is 10.9 Å². The summed E-state index contributed by atoms with van der Waals surface area (Å²) in [7, 11) is 0. The molecule has 0 aliphatic heterocycles. The van der Waals surface area contributed by atoms with E-state index in [2.05, 4.69) is 70.7 Å². The van der Waals surface area contributed by atoms with Gasteiger partial charge in [0, 0.05) is 35.3 Å². The van der Waals surface area contributed by atoms with Crippen LogP contribution in [0.4, 0.5) is 5.69 Å². The Morgan fingerprint density at radius 1 is 1.05 bits per heavy atom. The van der Waals surface area contributed by atoms with E-state index in [9.17, 15) is 0 Å². The Kier molecular flexibility index (Phi) is 4.03. The van der Waals surface area contributed by atoms with Gasteiger partial charge in [0.25, 0.3) is 0 Å². The Morgan fingerprint density at radius 2 is 1.70 bits per heavy atom. The van der Waals surface area contributed by atoms with Gasteiger partial charge in [-0.05, 0) is 44.5 Å². The quantitative estimate of drug-likeness (QED) is 0.804. The number of fused-ring (bicyclic) bond motifs is 1. The third-order valence-electron chi connectivity index (χ3n) is 3.90. The second-order valence-corrected chi connectivity index (χ2v) is 6.45. The highest BCUT2D eigenvalue weighted by molar-refractivity contribution is 5.85. The summed E-state index contributed by atoms with van der Waals surface area (Å²) in [5.74, 6) is 0. The summed E-state index contributed by atoms with van der Waals surface area (Å²) < 4.78 is 0. The lowest BCUT2D eigenvalue weighted by atomic mass is 9.90. The van der Waals surface area contributed by atoms with E-state index in [4.69, 9.17) is 4.98 Å². The smallest absolute Gasteiger partial charge is 0.0728 e. The first-order chi connectivity index (χ1) is 9.36. The lowest BCUT2D eigenvalue weighted by Crippen LogP contribution is -2.21. The van der Waals surface area contributed by atoms with Crippen LogP contribution in [0.5, 0.6) is 0 Å². The van der Waals surface area contributed by atoms with Gasteiger partial charge in [0.2, 0.25) is 0 Å². The molecule has 2 rings (SSSR count). The summed E-state index contributed by atoms with van der Waals surface area (Å²) in [6.45, 7) is 15.3. The molecular formula is C18H26N2. The van der Waals surface area contributed by atoms with Crippen LogP contribution in [-0.4, -0.2) is 18.1 Å². The van der Waals surface area contributed by atoms with E-state index in [1.54, 1.807) is 0 Å². The molecule has 0 aliphatic carbocycles. The monoisotopic (exact) mass is 270 g/mol. The number of hydrogen-bond donors (Lipinski definition) is 0. The Labute approximate surface area is 122 Å². The van der Waals surface area contributed by atoms with Crippen LogP contribution in [0.3, 0.4) is 0 Å². The molecule has 0 radical (unpaired) electrons. The van der Waals surface area contributed by atoms with Crippen LogP contribution in [0.15, 0.2) is 24.3 Å². The average Bonchev–Trinajstić information content (AvgIpc) is 2.38. The van der Waals surface area contributed by atoms with Crippen LogP contribution in [-0.2, 0) is 5.41 Å². The summed E-state index contributed by atoms with van der Waals surface area (Å²) in [5.41, 5.74) is 4.94. The van der Waals surface area contributed by atoms with Crippen molar-refractivity contribution in [3.8, 4) is 0 Å². The van der Waals surface area contributed by atoms with Gasteiger partial charge in [-0.15, -0.1) is 0 Å². The summed E-state index contributed by atoms with van der Waals surface area (Å²) in [5, 5.41) is 1.26. The lowest BCUT2D eigenvalue weighted by molar-refractivity contribution is 0.571. The zero-order valence-corrected chi connectivity index (χ0v) is 13.6. The van der Waals surface area contributed by atoms with Gasteiger partial charge in [-0.1, -0.05) is 26.8 Å². The Morgan fingerprint density at radius 3 is 2.25 bits per heavy atom. The number of rotatable bonds is 3. The highest BCUT2D eigenvalue weighted by Crippen LogP contribution is 2.28. The van der Waals surface area contributed by atoms with Crippen LogP contribution in [0.2, 0.25) is 0 Å². The van der Waals surface area contributed by atoms with Gasteiger partial charge in [0.05, 0.1) is 5.52 Å². The number of anilines is 1. The van der Waals surface area contributed by atoms with E-state index in [1.807, 2.05) is 0 Å². The first kappa shape index (κ1) is 14.8. The number of nitrogens with zero attached hydrogens (tertiary/aromatic N) is 2. The van der Waals surface area contributed by atoms with E-state index in [1.165, 1.54) is 22.3 Å². The standard InChI is InChI=1S/C18H26N2/c1-7-20(8-2)14-9-10-15-13(3)11-17(18(4,5)6)19-16(15)12-14/h9-12H,7-8H2,1-6H3. The molecular weight excluding hydrogens is 244 g/mol. The van der Waals surface area contributed by atoms with Gasteiger partial charge in [-0.2, -0.15) is 0 Å². The van der Waals surface area contributed by atoms with Crippen LogP contribution >= 0.6 is 0 Å². The second kappa shape index (κ2) is 5.43. The summed E-state index contributed by atoms with van der Waals surface area (Å²) in [6, 6.07) is 8.86. The van der Waals surface area contributed by atoms with Crippen LogP contribution in [0, 0.1) is 6.92 Å². The predicted molar refractivity (Wildman–Crippen MR) is 88.7 cm³/mol. The van der Waals surface area contributed by atoms with Gasteiger partial charge >= 0.3 is 0 Å². The maximum Gasteiger partial charge on any atom is 0.0728 e. The topological polar surface area (TPSA) is 16.1 Å². The summed E-state index contributed by atoms with van der Waals surface area (Å²) in [4.78, 5) is 7.25. The molecule has 0 amide bonds. The van der Waals surface area contributed by atoms with Crippen molar-refractivity contribution in [2.75, 3.05) is 18.0 Å². The fourth-order valence-electron chi connectivity index (χ4n) is 2.56. The Hall–Kier alpha value is -1.57. The molecule has 2 heteroatoms. The largest absolute Gasteiger partial charge is 0.372 e. The molecule has 0 bridgehead atoms. The van der Waals surface area contributed by atoms with Crippen molar-refractivity contribution in [2.24, 2.45) is 0 Å². The third-order valence-corrected chi connectivity index (χ3v) is 3.90. The average molecular weight is 270 g/mol. The van der Waals surface area contributed by atoms with Gasteiger partial charge in [0.1, 0.15) is 0 Å². The predicted octanol–water partition coefficient (Wildman–Crippen LogP) is 4.69. The third kappa shape index (κ3) is 2.79. The number of benzene rings is 1. The molecule has 0 spiro atoms. The fraction of sp³-hybridized carbons (Fsp3) is 0.500. The van der Waals surface area contributed by atoms with Crippen LogP contribution in [0.1, 0.15) is 45.9 Å². The van der Waals surface area contributed by atoms with Crippen molar-refractivity contribution < 1.29 is 0 Å². The first-order valence-electron chi connectivity index (χ1n) is 7.53. The molecule has 1 aromatic heterocycles. The normalized spacial score (nSPS) is 11.9. The van der Waals surface area contributed by atoms with E-state index in [0.29, 0.717) is 0 Å².